The summed E-state index contributed by atoms with van der Waals surface area (Å²) >= 11 is 6.65. The molecular formula is C16H13NO2S2. The van der Waals surface area contributed by atoms with Crippen molar-refractivity contribution in [2.75, 3.05) is 7.11 Å². The number of Topliss-reactive ketones (excluding diaryl/α,β-unsaturated/α-hetero) is 1. The summed E-state index contributed by atoms with van der Waals surface area (Å²) in [4.78, 5) is 14.5. The van der Waals surface area contributed by atoms with E-state index in [1.807, 2.05) is 36.4 Å². The molecule has 1 aromatic carbocycles. The number of ketones is 1. The van der Waals surface area contributed by atoms with Crippen LogP contribution in [-0.2, 0) is 4.79 Å². The summed E-state index contributed by atoms with van der Waals surface area (Å²) in [6, 6.07) is 12.0. The van der Waals surface area contributed by atoms with Crippen LogP contribution in [0.5, 0.6) is 5.75 Å². The summed E-state index contributed by atoms with van der Waals surface area (Å²) in [5.74, 6) is 0.895. The van der Waals surface area contributed by atoms with Gasteiger partial charge in [0.25, 0.3) is 0 Å². The number of carbonyl (C=O) groups excluding carboxylic acids is 1. The molecule has 5 heteroatoms. The van der Waals surface area contributed by atoms with Crippen LogP contribution >= 0.6 is 23.6 Å². The Morgan fingerprint density at radius 3 is 2.62 bits per heavy atom. The predicted octanol–water partition coefficient (Wildman–Crippen LogP) is 3.65. The van der Waals surface area contributed by atoms with Crippen molar-refractivity contribution in [2.24, 2.45) is 0 Å². The minimum Gasteiger partial charge on any atom is -0.497 e. The smallest absolute Gasteiger partial charge is 0.185 e. The molecule has 1 aromatic heterocycles. The molecule has 21 heavy (non-hydrogen) atoms. The predicted molar refractivity (Wildman–Crippen MR) is 89.6 cm³/mol. The molecule has 1 fully saturated rings. The van der Waals surface area contributed by atoms with E-state index >= 15 is 0 Å². The second-order valence-corrected chi connectivity index (χ2v) is 6.24. The molecule has 0 unspecified atom stereocenters. The monoisotopic (exact) mass is 315 g/mol. The Hall–Kier alpha value is -1.98. The van der Waals surface area contributed by atoms with Crippen LogP contribution in [0.3, 0.4) is 0 Å². The first-order valence-electron chi connectivity index (χ1n) is 6.45. The minimum absolute atomic E-state index is 0.0550. The fraction of sp³-hybridized carbons (Fsp3) is 0.125. The highest BCUT2D eigenvalue weighted by atomic mass is 32.1. The second kappa shape index (κ2) is 5.79. The quantitative estimate of drug-likeness (QED) is 0.693. The van der Waals surface area contributed by atoms with Gasteiger partial charge < -0.3 is 10.1 Å². The molecule has 0 amide bonds. The zero-order chi connectivity index (χ0) is 14.8. The third-order valence-electron chi connectivity index (χ3n) is 3.18. The van der Waals surface area contributed by atoms with Crippen LogP contribution in [0.15, 0.2) is 42.1 Å². The molecule has 0 atom stereocenters. The Labute approximate surface area is 132 Å². The molecule has 1 N–H and O–H groups in total. The van der Waals surface area contributed by atoms with Gasteiger partial charge >= 0.3 is 0 Å². The average molecular weight is 315 g/mol. The van der Waals surface area contributed by atoms with Crippen molar-refractivity contribution in [3.05, 3.63) is 47.0 Å². The number of rotatable bonds is 3. The van der Waals surface area contributed by atoms with Crippen molar-refractivity contribution in [2.45, 2.75) is 6.42 Å². The fourth-order valence-corrected chi connectivity index (χ4v) is 3.30. The molecule has 106 valence electrons. The largest absolute Gasteiger partial charge is 0.497 e. The Bertz CT molecular complexity index is 729. The van der Waals surface area contributed by atoms with E-state index in [0.29, 0.717) is 17.1 Å². The number of hydrogen-bond donors (Lipinski definition) is 1. The molecule has 1 aliphatic heterocycles. The van der Waals surface area contributed by atoms with Crippen molar-refractivity contribution in [1.82, 2.24) is 5.32 Å². The Balaban J connectivity index is 1.84. The molecule has 2 aromatic rings. The molecule has 0 radical (unpaired) electrons. The maximum atomic E-state index is 11.7. The maximum Gasteiger partial charge on any atom is 0.185 e. The molecule has 0 bridgehead atoms. The molecule has 0 saturated carbocycles. The molecule has 3 rings (SSSR count). The topological polar surface area (TPSA) is 38.3 Å². The van der Waals surface area contributed by atoms with E-state index in [2.05, 4.69) is 11.4 Å². The zero-order valence-corrected chi connectivity index (χ0v) is 13.0. The zero-order valence-electron chi connectivity index (χ0n) is 11.4. The van der Waals surface area contributed by atoms with Crippen molar-refractivity contribution >= 4 is 40.4 Å². The second-order valence-electron chi connectivity index (χ2n) is 4.64. The number of ether oxygens (including phenoxy) is 1. The van der Waals surface area contributed by atoms with Crippen LogP contribution in [0, 0.1) is 0 Å². The molecule has 1 saturated heterocycles. The Morgan fingerprint density at radius 2 is 2.00 bits per heavy atom. The Kier molecular flexibility index (Phi) is 3.86. The maximum absolute atomic E-state index is 11.7. The summed E-state index contributed by atoms with van der Waals surface area (Å²) in [5.41, 5.74) is 1.72. The van der Waals surface area contributed by atoms with Gasteiger partial charge in [-0.1, -0.05) is 12.2 Å². The minimum atomic E-state index is 0.0550. The normalized spacial score (nSPS) is 16.3. The lowest BCUT2D eigenvalue weighted by Crippen LogP contribution is -2.10. The lowest BCUT2D eigenvalue weighted by atomic mass is 10.2. The van der Waals surface area contributed by atoms with E-state index in [-0.39, 0.29) is 5.78 Å². The van der Waals surface area contributed by atoms with Crippen LogP contribution in [0.1, 0.15) is 11.3 Å². The first-order valence-corrected chi connectivity index (χ1v) is 7.67. The van der Waals surface area contributed by atoms with Crippen molar-refractivity contribution in [3.63, 3.8) is 0 Å². The average Bonchev–Trinajstić information content (AvgIpc) is 3.07. The molecule has 3 nitrogen and oxygen atoms in total. The van der Waals surface area contributed by atoms with Gasteiger partial charge in [-0.25, -0.2) is 0 Å². The molecule has 0 aliphatic carbocycles. The summed E-state index contributed by atoms with van der Waals surface area (Å²) in [5, 5.41) is 2.95. The highest BCUT2D eigenvalue weighted by molar-refractivity contribution is 7.80. The molecule has 2 heterocycles. The summed E-state index contributed by atoms with van der Waals surface area (Å²) < 4.78 is 5.16. The first kappa shape index (κ1) is 14.0. The number of benzene rings is 1. The number of carbonyl (C=O) groups is 1. The van der Waals surface area contributed by atoms with Crippen LogP contribution < -0.4 is 10.1 Å². The fourth-order valence-electron chi connectivity index (χ4n) is 2.10. The van der Waals surface area contributed by atoms with Crippen molar-refractivity contribution < 1.29 is 9.53 Å². The highest BCUT2D eigenvalue weighted by Gasteiger charge is 2.21. The summed E-state index contributed by atoms with van der Waals surface area (Å²) in [6.07, 6.45) is 2.18. The van der Waals surface area contributed by atoms with Gasteiger partial charge in [-0.15, -0.1) is 11.3 Å². The van der Waals surface area contributed by atoms with Crippen LogP contribution in [0.25, 0.3) is 16.5 Å². The molecule has 0 spiro atoms. The van der Waals surface area contributed by atoms with Gasteiger partial charge in [0.1, 0.15) is 5.75 Å². The van der Waals surface area contributed by atoms with E-state index in [1.165, 1.54) is 0 Å². The van der Waals surface area contributed by atoms with E-state index < -0.39 is 0 Å². The highest BCUT2D eigenvalue weighted by Crippen LogP contribution is 2.30. The van der Waals surface area contributed by atoms with Crippen molar-refractivity contribution in [3.8, 4) is 16.2 Å². The third kappa shape index (κ3) is 3.04. The number of nitrogens with one attached hydrogen (secondary N) is 1. The number of allylic oxidation sites excluding steroid dienone is 1. The first-order chi connectivity index (χ1) is 10.2. The lowest BCUT2D eigenvalue weighted by molar-refractivity contribution is -0.113. The third-order valence-corrected chi connectivity index (χ3v) is 4.51. The van der Waals surface area contributed by atoms with E-state index in [1.54, 1.807) is 18.4 Å². The van der Waals surface area contributed by atoms with Gasteiger partial charge in [0.2, 0.25) is 0 Å². The SMILES string of the molecule is COc1ccc(-c2ccc(/C=C3/NC(=S)CC3=O)s2)cc1. The standard InChI is InChI=1S/C16H13NO2S2/c1-19-11-4-2-10(3-5-11)15-7-6-12(21-15)8-13-14(18)9-16(20)17-13/h2-8H,9H2,1H3,(H,17,20)/b13-8+. The lowest BCUT2D eigenvalue weighted by Gasteiger charge is -2.00. The number of thiocarbonyl (C=S) groups is 1. The van der Waals surface area contributed by atoms with Crippen molar-refractivity contribution in [1.29, 1.82) is 0 Å². The van der Waals surface area contributed by atoms with Gasteiger partial charge in [-0.2, -0.15) is 0 Å². The van der Waals surface area contributed by atoms with Gasteiger partial charge in [0, 0.05) is 9.75 Å². The van der Waals surface area contributed by atoms with Crippen LogP contribution in [0.2, 0.25) is 0 Å². The summed E-state index contributed by atoms with van der Waals surface area (Å²) in [6.45, 7) is 0. The number of thiophene rings is 1. The van der Waals surface area contributed by atoms with Gasteiger partial charge in [-0.05, 0) is 48.0 Å². The van der Waals surface area contributed by atoms with Crippen LogP contribution in [-0.4, -0.2) is 17.9 Å². The van der Waals surface area contributed by atoms with E-state index in [9.17, 15) is 4.79 Å². The number of methoxy groups -OCH3 is 1. The van der Waals surface area contributed by atoms with Gasteiger partial charge in [0.05, 0.1) is 24.2 Å². The molecular weight excluding hydrogens is 302 g/mol. The van der Waals surface area contributed by atoms with Crippen LogP contribution in [0.4, 0.5) is 0 Å². The van der Waals surface area contributed by atoms with Gasteiger partial charge in [0.15, 0.2) is 5.78 Å². The van der Waals surface area contributed by atoms with E-state index in [0.717, 1.165) is 21.1 Å². The summed E-state index contributed by atoms with van der Waals surface area (Å²) in [7, 11) is 1.65. The molecule has 1 aliphatic rings. The Morgan fingerprint density at radius 1 is 1.24 bits per heavy atom. The number of hydrogen-bond acceptors (Lipinski definition) is 4. The van der Waals surface area contributed by atoms with E-state index in [4.69, 9.17) is 17.0 Å². The van der Waals surface area contributed by atoms with Gasteiger partial charge in [-0.3, -0.25) is 4.79 Å².